The molecule has 0 aliphatic carbocycles. The highest BCUT2D eigenvalue weighted by atomic mass is 19.1. The molecule has 0 fully saturated rings. The van der Waals surface area contributed by atoms with E-state index in [1.807, 2.05) is 0 Å². The summed E-state index contributed by atoms with van der Waals surface area (Å²) in [5.74, 6) is -1.74. The van der Waals surface area contributed by atoms with Gasteiger partial charge >= 0.3 is 0 Å². The molecule has 2 heterocycles. The highest BCUT2D eigenvalue weighted by Gasteiger charge is 2.60. The van der Waals surface area contributed by atoms with Crippen molar-refractivity contribution >= 4 is 29.1 Å². The molecule has 2 aliphatic rings. The number of amides is 3. The lowest BCUT2D eigenvalue weighted by Gasteiger charge is -2.30. The van der Waals surface area contributed by atoms with E-state index in [0.29, 0.717) is 22.5 Å². The predicted molar refractivity (Wildman–Crippen MR) is 96.4 cm³/mol. The van der Waals surface area contributed by atoms with Crippen molar-refractivity contribution in [3.63, 3.8) is 0 Å². The zero-order valence-corrected chi connectivity index (χ0v) is 14.8. The third-order valence-electron chi connectivity index (χ3n) is 4.94. The van der Waals surface area contributed by atoms with Gasteiger partial charge in [-0.2, -0.15) is 5.10 Å². The summed E-state index contributed by atoms with van der Waals surface area (Å²) >= 11 is 0. The van der Waals surface area contributed by atoms with E-state index in [0.717, 1.165) is 9.91 Å². The number of carbonyl (C=O) groups is 3. The molecule has 1 spiro atoms. The molecule has 3 amide bonds. The number of para-hydroxylation sites is 1. The van der Waals surface area contributed by atoms with Crippen molar-refractivity contribution in [3.8, 4) is 0 Å². The highest BCUT2D eigenvalue weighted by Crippen LogP contribution is 2.49. The SMILES string of the molecule is CC(=O)N1C(=O)C2(CC(c3ccc(F)cc3)=NN2C(C)=O)c2ccccc21. The Bertz CT molecular complexity index is 1020. The molecular weight excluding hydrogens is 349 g/mol. The van der Waals surface area contributed by atoms with E-state index in [1.165, 1.54) is 26.0 Å². The lowest BCUT2D eigenvalue weighted by molar-refractivity contribution is -0.144. The Hall–Kier alpha value is -3.35. The van der Waals surface area contributed by atoms with E-state index >= 15 is 0 Å². The first-order valence-corrected chi connectivity index (χ1v) is 8.45. The van der Waals surface area contributed by atoms with Crippen LogP contribution in [-0.2, 0) is 19.9 Å². The average molecular weight is 365 g/mol. The fourth-order valence-corrected chi connectivity index (χ4v) is 3.82. The molecule has 4 rings (SSSR count). The normalized spacial score (nSPS) is 20.9. The van der Waals surface area contributed by atoms with Crippen LogP contribution in [0.3, 0.4) is 0 Å². The lowest BCUT2D eigenvalue weighted by Crippen LogP contribution is -2.51. The Morgan fingerprint density at radius 2 is 1.70 bits per heavy atom. The van der Waals surface area contributed by atoms with E-state index in [9.17, 15) is 18.8 Å². The molecular formula is C20H16FN3O3. The van der Waals surface area contributed by atoms with Gasteiger partial charge in [-0.1, -0.05) is 30.3 Å². The van der Waals surface area contributed by atoms with Crippen molar-refractivity contribution in [3.05, 3.63) is 65.5 Å². The van der Waals surface area contributed by atoms with Crippen LogP contribution in [0, 0.1) is 5.82 Å². The Morgan fingerprint density at radius 1 is 1.04 bits per heavy atom. The zero-order chi connectivity index (χ0) is 19.3. The van der Waals surface area contributed by atoms with Gasteiger partial charge in [-0.15, -0.1) is 0 Å². The fourth-order valence-electron chi connectivity index (χ4n) is 3.82. The van der Waals surface area contributed by atoms with Crippen LogP contribution in [0.4, 0.5) is 10.1 Å². The minimum atomic E-state index is -1.40. The number of hydrazone groups is 1. The average Bonchev–Trinajstić information content (AvgIpc) is 3.15. The quantitative estimate of drug-likeness (QED) is 0.780. The number of hydrogen-bond acceptors (Lipinski definition) is 4. The van der Waals surface area contributed by atoms with Gasteiger partial charge in [-0.3, -0.25) is 14.4 Å². The zero-order valence-electron chi connectivity index (χ0n) is 14.8. The number of carbonyl (C=O) groups excluding carboxylic acids is 3. The van der Waals surface area contributed by atoms with Gasteiger partial charge in [-0.25, -0.2) is 14.3 Å². The summed E-state index contributed by atoms with van der Waals surface area (Å²) in [6.45, 7) is 2.63. The number of imide groups is 1. The standard InChI is InChI=1S/C20H16FN3O3/c1-12(25)23-18-6-4-3-5-16(18)20(19(23)27)11-17(22-24(20)13(2)26)14-7-9-15(21)10-8-14/h3-10H,11H2,1-2H3. The number of hydrogen-bond donors (Lipinski definition) is 0. The molecule has 0 bridgehead atoms. The minimum absolute atomic E-state index is 0.109. The van der Waals surface area contributed by atoms with Crippen LogP contribution in [-0.4, -0.2) is 28.4 Å². The summed E-state index contributed by atoms with van der Waals surface area (Å²) in [5.41, 5.74) is 0.709. The maximum Gasteiger partial charge on any atom is 0.266 e. The van der Waals surface area contributed by atoms with Crippen molar-refractivity contribution in [1.29, 1.82) is 0 Å². The Balaban J connectivity index is 1.89. The van der Waals surface area contributed by atoms with Crippen LogP contribution in [0.1, 0.15) is 31.4 Å². The number of fused-ring (bicyclic) bond motifs is 2. The second-order valence-corrected chi connectivity index (χ2v) is 6.60. The van der Waals surface area contributed by atoms with Crippen LogP contribution < -0.4 is 4.90 Å². The Morgan fingerprint density at radius 3 is 2.33 bits per heavy atom. The first kappa shape index (κ1) is 17.1. The minimum Gasteiger partial charge on any atom is -0.274 e. The number of halogens is 1. The molecule has 7 heteroatoms. The molecule has 0 saturated heterocycles. The first-order chi connectivity index (χ1) is 12.9. The fraction of sp³-hybridized carbons (Fsp3) is 0.200. The van der Waals surface area contributed by atoms with Crippen LogP contribution in [0.25, 0.3) is 0 Å². The predicted octanol–water partition coefficient (Wildman–Crippen LogP) is 2.57. The molecule has 2 aromatic carbocycles. The number of nitrogens with zero attached hydrogens (tertiary/aromatic N) is 3. The first-order valence-electron chi connectivity index (χ1n) is 8.45. The van der Waals surface area contributed by atoms with Gasteiger partial charge in [0.25, 0.3) is 5.91 Å². The monoisotopic (exact) mass is 365 g/mol. The molecule has 0 radical (unpaired) electrons. The second-order valence-electron chi connectivity index (χ2n) is 6.60. The smallest absolute Gasteiger partial charge is 0.266 e. The highest BCUT2D eigenvalue weighted by molar-refractivity contribution is 6.25. The van der Waals surface area contributed by atoms with Crippen LogP contribution in [0.5, 0.6) is 0 Å². The van der Waals surface area contributed by atoms with Crippen molar-refractivity contribution in [2.24, 2.45) is 5.10 Å². The molecule has 0 saturated carbocycles. The summed E-state index contributed by atoms with van der Waals surface area (Å²) in [7, 11) is 0. The molecule has 136 valence electrons. The molecule has 0 aromatic heterocycles. The van der Waals surface area contributed by atoms with Crippen LogP contribution in [0.2, 0.25) is 0 Å². The molecule has 2 aromatic rings. The van der Waals surface area contributed by atoms with Gasteiger partial charge in [0, 0.05) is 25.8 Å². The third-order valence-corrected chi connectivity index (χ3v) is 4.94. The van der Waals surface area contributed by atoms with Crippen molar-refractivity contribution in [2.75, 3.05) is 4.90 Å². The van der Waals surface area contributed by atoms with Crippen molar-refractivity contribution < 1.29 is 18.8 Å². The molecule has 6 nitrogen and oxygen atoms in total. The van der Waals surface area contributed by atoms with E-state index in [2.05, 4.69) is 5.10 Å². The second kappa shape index (κ2) is 5.84. The van der Waals surface area contributed by atoms with E-state index < -0.39 is 23.3 Å². The van der Waals surface area contributed by atoms with Crippen molar-refractivity contribution in [2.45, 2.75) is 25.8 Å². The van der Waals surface area contributed by atoms with Crippen molar-refractivity contribution in [1.82, 2.24) is 5.01 Å². The molecule has 1 atom stereocenters. The lowest BCUT2D eigenvalue weighted by atomic mass is 9.85. The number of rotatable bonds is 1. The summed E-state index contributed by atoms with van der Waals surface area (Å²) in [4.78, 5) is 39.0. The Labute approximate surface area is 154 Å². The molecule has 27 heavy (non-hydrogen) atoms. The summed E-state index contributed by atoms with van der Waals surface area (Å²) < 4.78 is 13.3. The van der Waals surface area contributed by atoms with Crippen LogP contribution in [0.15, 0.2) is 53.6 Å². The van der Waals surface area contributed by atoms with Gasteiger partial charge in [0.1, 0.15) is 5.82 Å². The topological polar surface area (TPSA) is 70.1 Å². The summed E-state index contributed by atoms with van der Waals surface area (Å²) in [5, 5.41) is 5.53. The van der Waals surface area contributed by atoms with E-state index in [-0.39, 0.29) is 12.2 Å². The Kier molecular flexibility index (Phi) is 3.69. The molecule has 1 unspecified atom stereocenters. The summed E-state index contributed by atoms with van der Waals surface area (Å²) in [6, 6.07) is 12.6. The maximum absolute atomic E-state index is 13.4. The molecule has 0 N–H and O–H groups in total. The van der Waals surface area contributed by atoms with E-state index in [1.54, 1.807) is 36.4 Å². The van der Waals surface area contributed by atoms with E-state index in [4.69, 9.17) is 0 Å². The molecule has 2 aliphatic heterocycles. The number of benzene rings is 2. The summed E-state index contributed by atoms with van der Waals surface area (Å²) in [6.07, 6.45) is 0.109. The largest absolute Gasteiger partial charge is 0.274 e. The number of anilines is 1. The van der Waals surface area contributed by atoms with Gasteiger partial charge in [0.15, 0.2) is 5.54 Å². The van der Waals surface area contributed by atoms with Gasteiger partial charge in [0.05, 0.1) is 11.4 Å². The van der Waals surface area contributed by atoms with Gasteiger partial charge in [0.2, 0.25) is 11.8 Å². The third kappa shape index (κ3) is 2.31. The van der Waals surface area contributed by atoms with Gasteiger partial charge in [-0.05, 0) is 23.8 Å². The van der Waals surface area contributed by atoms with Gasteiger partial charge < -0.3 is 0 Å². The maximum atomic E-state index is 13.4. The van der Waals surface area contributed by atoms with Crippen LogP contribution >= 0.6 is 0 Å².